The van der Waals surface area contributed by atoms with Crippen LogP contribution in [0.1, 0.15) is 23.2 Å². The molecule has 0 radical (unpaired) electrons. The zero-order valence-corrected chi connectivity index (χ0v) is 13.9. The zero-order chi connectivity index (χ0) is 20.6. The van der Waals surface area contributed by atoms with Crippen molar-refractivity contribution in [3.8, 4) is 0 Å². The molecular formula is C15H11F7N2O2S. The molecule has 0 unspecified atom stereocenters. The average molecular weight is 416 g/mol. The Kier molecular flexibility index (Phi) is 5.82. The Morgan fingerprint density at radius 1 is 0.778 bits per heavy atom. The standard InChI is InChI=1S/C15H11F7N2O2S/c16-9-1-7(2-10(17)5-9)13(23)14(24-27(25,26)15(20,21)22)8-3-11(18)6-12(19)4-8/h1-6,13-14,24H,23H2/t13-,14-/m0/s1. The Morgan fingerprint density at radius 3 is 1.52 bits per heavy atom. The van der Waals surface area contributed by atoms with Gasteiger partial charge in [-0.1, -0.05) is 0 Å². The van der Waals surface area contributed by atoms with Crippen LogP contribution in [0.15, 0.2) is 36.4 Å². The van der Waals surface area contributed by atoms with Crippen LogP contribution in [0.5, 0.6) is 0 Å². The number of hydrogen-bond donors (Lipinski definition) is 2. The molecule has 0 amide bonds. The fourth-order valence-electron chi connectivity index (χ4n) is 2.30. The van der Waals surface area contributed by atoms with Crippen molar-refractivity contribution in [1.82, 2.24) is 4.72 Å². The zero-order valence-electron chi connectivity index (χ0n) is 13.1. The summed E-state index contributed by atoms with van der Waals surface area (Å²) in [4.78, 5) is 0. The highest BCUT2D eigenvalue weighted by molar-refractivity contribution is 7.90. The summed E-state index contributed by atoms with van der Waals surface area (Å²) in [5, 5.41) is 0. The van der Waals surface area contributed by atoms with Gasteiger partial charge in [-0.15, -0.1) is 0 Å². The van der Waals surface area contributed by atoms with Gasteiger partial charge in [0.25, 0.3) is 0 Å². The van der Waals surface area contributed by atoms with Crippen LogP contribution in [0.25, 0.3) is 0 Å². The lowest BCUT2D eigenvalue weighted by atomic mass is 9.94. The molecule has 3 N–H and O–H groups in total. The van der Waals surface area contributed by atoms with E-state index in [1.165, 1.54) is 4.72 Å². The number of sulfonamides is 1. The number of rotatable bonds is 5. The van der Waals surface area contributed by atoms with Crippen molar-refractivity contribution >= 4 is 10.0 Å². The van der Waals surface area contributed by atoms with Crippen molar-refractivity contribution in [3.05, 3.63) is 70.8 Å². The Balaban J connectivity index is 2.58. The minimum atomic E-state index is -6.01. The highest BCUT2D eigenvalue weighted by Gasteiger charge is 2.47. The highest BCUT2D eigenvalue weighted by Crippen LogP contribution is 2.32. The third-order valence-corrected chi connectivity index (χ3v) is 4.63. The average Bonchev–Trinajstić information content (AvgIpc) is 2.49. The van der Waals surface area contributed by atoms with Gasteiger partial charge in [-0.05, 0) is 35.4 Å². The van der Waals surface area contributed by atoms with Crippen molar-refractivity contribution < 1.29 is 39.2 Å². The molecule has 2 rings (SSSR count). The van der Waals surface area contributed by atoms with Crippen LogP contribution in [-0.2, 0) is 10.0 Å². The van der Waals surface area contributed by atoms with Gasteiger partial charge in [-0.2, -0.15) is 17.9 Å². The number of hydrogen-bond acceptors (Lipinski definition) is 3. The maximum Gasteiger partial charge on any atom is 0.511 e. The molecule has 2 atom stereocenters. The minimum Gasteiger partial charge on any atom is -0.322 e. The summed E-state index contributed by atoms with van der Waals surface area (Å²) in [6.45, 7) is 0. The van der Waals surface area contributed by atoms with Crippen LogP contribution in [-0.4, -0.2) is 13.9 Å². The number of alkyl halides is 3. The van der Waals surface area contributed by atoms with E-state index in [1.807, 2.05) is 0 Å². The van der Waals surface area contributed by atoms with Crippen LogP contribution in [0.4, 0.5) is 30.7 Å². The summed E-state index contributed by atoms with van der Waals surface area (Å²) < 4.78 is 116. The summed E-state index contributed by atoms with van der Waals surface area (Å²) in [5.74, 6) is -4.72. The van der Waals surface area contributed by atoms with Crippen LogP contribution in [0, 0.1) is 23.3 Å². The molecule has 12 heteroatoms. The first-order valence-electron chi connectivity index (χ1n) is 7.06. The first-order valence-corrected chi connectivity index (χ1v) is 8.54. The van der Waals surface area contributed by atoms with Crippen LogP contribution < -0.4 is 10.5 Å². The van der Waals surface area contributed by atoms with E-state index < -0.39 is 62.0 Å². The van der Waals surface area contributed by atoms with Gasteiger partial charge in [-0.3, -0.25) is 0 Å². The summed E-state index contributed by atoms with van der Waals surface area (Å²) in [6.07, 6.45) is 0. The molecule has 0 bridgehead atoms. The van der Waals surface area contributed by atoms with E-state index in [1.54, 1.807) is 0 Å². The van der Waals surface area contributed by atoms with Gasteiger partial charge in [-0.25, -0.2) is 26.0 Å². The van der Waals surface area contributed by atoms with E-state index in [-0.39, 0.29) is 0 Å². The molecule has 2 aromatic carbocycles. The molecule has 0 aromatic heterocycles. The molecular weight excluding hydrogens is 405 g/mol. The maximum absolute atomic E-state index is 13.4. The van der Waals surface area contributed by atoms with E-state index in [2.05, 4.69) is 0 Å². The lowest BCUT2D eigenvalue weighted by Crippen LogP contribution is -2.42. The monoisotopic (exact) mass is 416 g/mol. The molecule has 148 valence electrons. The summed E-state index contributed by atoms with van der Waals surface area (Å²) in [5.41, 5.74) is -1.12. The molecule has 0 aliphatic rings. The molecule has 0 fully saturated rings. The molecule has 0 aliphatic carbocycles. The number of halogens is 7. The van der Waals surface area contributed by atoms with Crippen molar-refractivity contribution in [1.29, 1.82) is 0 Å². The first-order chi connectivity index (χ1) is 12.3. The van der Waals surface area contributed by atoms with Gasteiger partial charge in [0, 0.05) is 12.1 Å². The molecule has 0 saturated carbocycles. The second-order valence-corrected chi connectivity index (χ2v) is 7.18. The maximum atomic E-state index is 13.4. The normalized spacial score (nSPS) is 14.8. The largest absolute Gasteiger partial charge is 0.511 e. The Hall–Kier alpha value is -2.18. The van der Waals surface area contributed by atoms with E-state index in [4.69, 9.17) is 5.73 Å². The van der Waals surface area contributed by atoms with E-state index in [9.17, 15) is 39.2 Å². The molecule has 2 aromatic rings. The fourth-order valence-corrected chi connectivity index (χ4v) is 3.05. The van der Waals surface area contributed by atoms with Crippen molar-refractivity contribution in [2.75, 3.05) is 0 Å². The molecule has 27 heavy (non-hydrogen) atoms. The van der Waals surface area contributed by atoms with Gasteiger partial charge in [0.1, 0.15) is 23.3 Å². The number of benzene rings is 2. The second kappa shape index (κ2) is 7.44. The smallest absolute Gasteiger partial charge is 0.322 e. The van der Waals surface area contributed by atoms with E-state index >= 15 is 0 Å². The molecule has 0 saturated heterocycles. The third-order valence-electron chi connectivity index (χ3n) is 3.46. The summed E-state index contributed by atoms with van der Waals surface area (Å²) in [7, 11) is -6.01. The fraction of sp³-hybridized carbons (Fsp3) is 0.200. The lowest BCUT2D eigenvalue weighted by Gasteiger charge is -2.26. The second-order valence-electron chi connectivity index (χ2n) is 5.48. The molecule has 0 spiro atoms. The van der Waals surface area contributed by atoms with Crippen LogP contribution in [0.2, 0.25) is 0 Å². The minimum absolute atomic E-state index is 0.395. The SMILES string of the molecule is N[C@@H](c1cc(F)cc(F)c1)[C@@H](NS(=O)(=O)C(F)(F)F)c1cc(F)cc(F)c1. The molecule has 0 heterocycles. The summed E-state index contributed by atoms with van der Waals surface area (Å²) >= 11 is 0. The summed E-state index contributed by atoms with van der Waals surface area (Å²) in [6, 6.07) is -0.656. The quantitative estimate of drug-likeness (QED) is 0.734. The van der Waals surface area contributed by atoms with Crippen LogP contribution in [0.3, 0.4) is 0 Å². The van der Waals surface area contributed by atoms with Gasteiger partial charge >= 0.3 is 15.5 Å². The van der Waals surface area contributed by atoms with E-state index in [0.717, 1.165) is 0 Å². The van der Waals surface area contributed by atoms with Gasteiger partial charge in [0.2, 0.25) is 0 Å². The third kappa shape index (κ3) is 4.96. The Labute approximate surface area is 148 Å². The highest BCUT2D eigenvalue weighted by atomic mass is 32.2. The van der Waals surface area contributed by atoms with Gasteiger partial charge in [0.15, 0.2) is 0 Å². The van der Waals surface area contributed by atoms with Crippen LogP contribution >= 0.6 is 0 Å². The van der Waals surface area contributed by atoms with Crippen molar-refractivity contribution in [2.45, 2.75) is 17.6 Å². The Morgan fingerprint density at radius 2 is 1.15 bits per heavy atom. The van der Waals surface area contributed by atoms with Gasteiger partial charge < -0.3 is 5.73 Å². The van der Waals surface area contributed by atoms with Crippen molar-refractivity contribution in [3.63, 3.8) is 0 Å². The van der Waals surface area contributed by atoms with Crippen molar-refractivity contribution in [2.24, 2.45) is 5.73 Å². The predicted octanol–water partition coefficient (Wildman–Crippen LogP) is 3.42. The van der Waals surface area contributed by atoms with Gasteiger partial charge in [0.05, 0.1) is 12.1 Å². The topological polar surface area (TPSA) is 72.2 Å². The Bertz CT molecular complexity index is 907. The number of nitrogens with one attached hydrogen (secondary N) is 1. The lowest BCUT2D eigenvalue weighted by molar-refractivity contribution is -0.0451. The first kappa shape index (κ1) is 21.1. The van der Waals surface area contributed by atoms with E-state index in [0.29, 0.717) is 36.4 Å². The predicted molar refractivity (Wildman–Crippen MR) is 80.5 cm³/mol. The molecule has 0 aliphatic heterocycles. The number of nitrogens with two attached hydrogens (primary N) is 1. The molecule has 4 nitrogen and oxygen atoms in total.